The van der Waals surface area contributed by atoms with Crippen LogP contribution in [0.15, 0.2) is 12.1 Å². The fraction of sp³-hybridized carbons (Fsp3) is 0.538. The van der Waals surface area contributed by atoms with Crippen molar-refractivity contribution in [3.63, 3.8) is 0 Å². The number of benzene rings is 1. The maximum atomic E-state index is 13.9. The largest absolute Gasteiger partial charge is 0.314 e. The fourth-order valence-electron chi connectivity index (χ4n) is 2.30. The van der Waals surface area contributed by atoms with Crippen molar-refractivity contribution in [1.29, 1.82) is 0 Å². The molecule has 1 aromatic carbocycles. The highest BCUT2D eigenvalue weighted by Gasteiger charge is 2.25. The monoisotopic (exact) mass is 225 g/mol. The second kappa shape index (κ2) is 4.50. The van der Waals surface area contributed by atoms with Crippen molar-refractivity contribution >= 4 is 0 Å². The van der Waals surface area contributed by atoms with Gasteiger partial charge in [-0.1, -0.05) is 6.07 Å². The van der Waals surface area contributed by atoms with Crippen LogP contribution < -0.4 is 5.32 Å². The molecule has 2 unspecified atom stereocenters. The second-order valence-corrected chi connectivity index (χ2v) is 4.68. The van der Waals surface area contributed by atoms with Gasteiger partial charge in [-0.25, -0.2) is 8.78 Å². The lowest BCUT2D eigenvalue weighted by molar-refractivity contribution is 0.368. The van der Waals surface area contributed by atoms with Gasteiger partial charge < -0.3 is 5.32 Å². The number of rotatable bonds is 1. The average molecular weight is 225 g/mol. The summed E-state index contributed by atoms with van der Waals surface area (Å²) >= 11 is 0. The van der Waals surface area contributed by atoms with E-state index in [0.29, 0.717) is 18.2 Å². The molecular weight excluding hydrogens is 208 g/mol. The van der Waals surface area contributed by atoms with Crippen molar-refractivity contribution in [3.05, 3.63) is 34.9 Å². The van der Waals surface area contributed by atoms with E-state index < -0.39 is 5.82 Å². The van der Waals surface area contributed by atoms with Crippen molar-refractivity contribution in [2.75, 3.05) is 6.54 Å². The van der Waals surface area contributed by atoms with E-state index in [4.69, 9.17) is 0 Å². The van der Waals surface area contributed by atoms with Crippen LogP contribution in [0.2, 0.25) is 0 Å². The highest BCUT2D eigenvalue weighted by molar-refractivity contribution is 5.30. The van der Waals surface area contributed by atoms with Crippen LogP contribution in [0.1, 0.15) is 36.8 Å². The van der Waals surface area contributed by atoms with Crippen LogP contribution in [0.5, 0.6) is 0 Å². The summed E-state index contributed by atoms with van der Waals surface area (Å²) in [4.78, 5) is 0. The quantitative estimate of drug-likeness (QED) is 0.774. The zero-order valence-corrected chi connectivity index (χ0v) is 9.69. The summed E-state index contributed by atoms with van der Waals surface area (Å²) in [5, 5.41) is 3.27. The van der Waals surface area contributed by atoms with E-state index in [2.05, 4.69) is 12.2 Å². The number of aryl methyl sites for hydroxylation is 1. The summed E-state index contributed by atoms with van der Waals surface area (Å²) in [5.41, 5.74) is 0.787. The molecule has 2 atom stereocenters. The first kappa shape index (κ1) is 11.5. The van der Waals surface area contributed by atoms with Crippen LogP contribution in [0.4, 0.5) is 8.78 Å². The van der Waals surface area contributed by atoms with Crippen LogP contribution in [0.3, 0.4) is 0 Å². The van der Waals surface area contributed by atoms with E-state index in [1.54, 1.807) is 6.92 Å². The van der Waals surface area contributed by atoms with Gasteiger partial charge in [0.05, 0.1) is 0 Å². The zero-order chi connectivity index (χ0) is 11.7. The molecule has 0 spiro atoms. The molecule has 0 aliphatic carbocycles. The number of hydrogen-bond donors (Lipinski definition) is 1. The Morgan fingerprint density at radius 3 is 2.62 bits per heavy atom. The minimum Gasteiger partial charge on any atom is -0.314 e. The normalized spacial score (nSPS) is 25.8. The molecule has 1 saturated heterocycles. The first-order chi connectivity index (χ1) is 7.59. The Hall–Kier alpha value is -0.960. The van der Waals surface area contributed by atoms with Gasteiger partial charge in [0, 0.05) is 24.1 Å². The average Bonchev–Trinajstić information content (AvgIpc) is 2.27. The maximum absolute atomic E-state index is 13.9. The molecule has 1 N–H and O–H groups in total. The molecule has 0 radical (unpaired) electrons. The van der Waals surface area contributed by atoms with E-state index in [1.807, 2.05) is 0 Å². The molecule has 0 saturated carbocycles. The molecule has 1 aliphatic rings. The summed E-state index contributed by atoms with van der Waals surface area (Å²) in [7, 11) is 0. The number of halogens is 2. The first-order valence-corrected chi connectivity index (χ1v) is 5.77. The highest BCUT2D eigenvalue weighted by atomic mass is 19.1. The van der Waals surface area contributed by atoms with Gasteiger partial charge in [0.1, 0.15) is 11.6 Å². The van der Waals surface area contributed by atoms with Gasteiger partial charge in [0.25, 0.3) is 0 Å². The molecule has 16 heavy (non-hydrogen) atoms. The van der Waals surface area contributed by atoms with Crippen molar-refractivity contribution in [2.24, 2.45) is 0 Å². The molecule has 2 rings (SSSR count). The topological polar surface area (TPSA) is 12.0 Å². The van der Waals surface area contributed by atoms with Gasteiger partial charge in [0.2, 0.25) is 0 Å². The molecule has 1 aromatic rings. The third-order valence-electron chi connectivity index (χ3n) is 3.39. The minimum absolute atomic E-state index is 0.0314. The summed E-state index contributed by atoms with van der Waals surface area (Å²) in [6, 6.07) is 3.31. The van der Waals surface area contributed by atoms with Gasteiger partial charge in [-0.2, -0.15) is 0 Å². The second-order valence-electron chi connectivity index (χ2n) is 4.68. The highest BCUT2D eigenvalue weighted by Crippen LogP contribution is 2.30. The number of hydrogen-bond acceptors (Lipinski definition) is 1. The van der Waals surface area contributed by atoms with Crippen LogP contribution in [-0.4, -0.2) is 12.6 Å². The van der Waals surface area contributed by atoms with E-state index in [1.165, 1.54) is 12.1 Å². The lowest BCUT2D eigenvalue weighted by atomic mass is 9.87. The molecule has 88 valence electrons. The Balaban J connectivity index is 2.29. The summed E-state index contributed by atoms with van der Waals surface area (Å²) in [5.74, 6) is -0.818. The summed E-state index contributed by atoms with van der Waals surface area (Å²) < 4.78 is 27.5. The molecule has 0 amide bonds. The maximum Gasteiger partial charge on any atom is 0.132 e. The van der Waals surface area contributed by atoms with Gasteiger partial charge in [-0.3, -0.25) is 0 Å². The van der Waals surface area contributed by atoms with E-state index in [9.17, 15) is 8.78 Å². The summed E-state index contributed by atoms with van der Waals surface area (Å²) in [6.45, 7) is 4.44. The predicted molar refractivity (Wildman–Crippen MR) is 60.5 cm³/mol. The smallest absolute Gasteiger partial charge is 0.132 e. The van der Waals surface area contributed by atoms with Crippen LogP contribution >= 0.6 is 0 Å². The molecule has 3 heteroatoms. The van der Waals surface area contributed by atoms with Crippen molar-refractivity contribution in [1.82, 2.24) is 5.32 Å². The molecule has 1 fully saturated rings. The van der Waals surface area contributed by atoms with Crippen molar-refractivity contribution in [2.45, 2.75) is 38.6 Å². The third-order valence-corrected chi connectivity index (χ3v) is 3.39. The molecule has 0 bridgehead atoms. The Morgan fingerprint density at radius 2 is 2.00 bits per heavy atom. The number of piperidine rings is 1. The molecule has 1 aliphatic heterocycles. The third kappa shape index (κ3) is 2.09. The van der Waals surface area contributed by atoms with Crippen molar-refractivity contribution < 1.29 is 8.78 Å². The van der Waals surface area contributed by atoms with E-state index >= 15 is 0 Å². The Kier molecular flexibility index (Phi) is 3.24. The molecule has 1 nitrogen and oxygen atoms in total. The molecule has 0 aromatic heterocycles. The predicted octanol–water partition coefficient (Wildman–Crippen LogP) is 3.13. The van der Waals surface area contributed by atoms with E-state index in [0.717, 1.165) is 12.8 Å². The lowest BCUT2D eigenvalue weighted by Gasteiger charge is -2.28. The Labute approximate surface area is 94.9 Å². The number of nitrogens with one attached hydrogen (secondary N) is 1. The van der Waals surface area contributed by atoms with E-state index in [-0.39, 0.29) is 17.3 Å². The Morgan fingerprint density at radius 1 is 1.25 bits per heavy atom. The molecule has 1 heterocycles. The summed E-state index contributed by atoms with van der Waals surface area (Å²) in [6.07, 6.45) is 1.82. The van der Waals surface area contributed by atoms with Gasteiger partial charge in [0.15, 0.2) is 0 Å². The minimum atomic E-state index is -0.413. The SMILES string of the molecule is Cc1ccc(F)c(C2CCC(C)NC2)c1F. The lowest BCUT2D eigenvalue weighted by Crippen LogP contribution is -2.36. The van der Waals surface area contributed by atoms with Gasteiger partial charge in [-0.05, 0) is 38.3 Å². The first-order valence-electron chi connectivity index (χ1n) is 5.77. The van der Waals surface area contributed by atoms with Gasteiger partial charge in [-0.15, -0.1) is 0 Å². The zero-order valence-electron chi connectivity index (χ0n) is 9.69. The van der Waals surface area contributed by atoms with Gasteiger partial charge >= 0.3 is 0 Å². The fourth-order valence-corrected chi connectivity index (χ4v) is 2.30. The molecular formula is C13H17F2N. The van der Waals surface area contributed by atoms with Crippen LogP contribution in [0.25, 0.3) is 0 Å². The van der Waals surface area contributed by atoms with Crippen molar-refractivity contribution in [3.8, 4) is 0 Å². The van der Waals surface area contributed by atoms with Crippen LogP contribution in [-0.2, 0) is 0 Å². The van der Waals surface area contributed by atoms with Crippen LogP contribution in [0, 0.1) is 18.6 Å². The Bertz CT molecular complexity index is 382. The standard InChI is InChI=1S/C13H17F2N/c1-8-3-6-11(14)12(13(8)15)10-5-4-9(2)16-7-10/h3,6,9-10,16H,4-5,7H2,1-2H3.